The summed E-state index contributed by atoms with van der Waals surface area (Å²) in [6.45, 7) is 5.93. The molecule has 0 radical (unpaired) electrons. The van der Waals surface area contributed by atoms with E-state index < -0.39 is 0 Å². The van der Waals surface area contributed by atoms with Gasteiger partial charge in [0.25, 0.3) is 0 Å². The minimum atomic E-state index is 0.333. The van der Waals surface area contributed by atoms with E-state index in [4.69, 9.17) is 4.74 Å². The molecule has 2 aliphatic rings. The molecule has 4 heterocycles. The second kappa shape index (κ2) is 7.47. The number of piperidine rings is 1. The van der Waals surface area contributed by atoms with Gasteiger partial charge in [0.1, 0.15) is 0 Å². The molecule has 0 bridgehead atoms. The minimum absolute atomic E-state index is 0.333. The van der Waals surface area contributed by atoms with Crippen LogP contribution in [0.1, 0.15) is 24.1 Å². The van der Waals surface area contributed by atoms with Crippen LogP contribution in [0.3, 0.4) is 0 Å². The summed E-state index contributed by atoms with van der Waals surface area (Å²) in [4.78, 5) is 9.44. The number of likely N-dealkylation sites (N-methyl/N-ethyl adjacent to an activating group) is 1. The van der Waals surface area contributed by atoms with Gasteiger partial charge in [-0.2, -0.15) is 5.10 Å². The second-order valence-electron chi connectivity index (χ2n) is 8.01. The summed E-state index contributed by atoms with van der Waals surface area (Å²) >= 11 is 0. The van der Waals surface area contributed by atoms with Gasteiger partial charge in [-0.1, -0.05) is 6.07 Å². The standard InChI is InChI=1S/C20H29N5O/c1-23-8-6-17(13-26-14-19-5-3-4-7-21-19)9-20(23)15-25(16-20)12-18-10-22-24(2)11-18/h3-5,7,10-11,17H,6,8-9,12-16H2,1-2H3/t17-/m1/s1. The van der Waals surface area contributed by atoms with E-state index in [1.54, 1.807) is 0 Å². The Hall–Kier alpha value is -1.76. The summed E-state index contributed by atoms with van der Waals surface area (Å²) in [6, 6.07) is 5.98. The van der Waals surface area contributed by atoms with Crippen LogP contribution in [-0.4, -0.2) is 63.4 Å². The third-order valence-corrected chi connectivity index (χ3v) is 5.88. The molecule has 1 atom stereocenters. The molecule has 1 spiro atoms. The number of hydrogen-bond acceptors (Lipinski definition) is 5. The Bertz CT molecular complexity index is 710. The first-order valence-corrected chi connectivity index (χ1v) is 9.52. The Morgan fingerprint density at radius 3 is 2.88 bits per heavy atom. The Balaban J connectivity index is 1.26. The highest BCUT2D eigenvalue weighted by Gasteiger charge is 2.49. The van der Waals surface area contributed by atoms with E-state index in [-0.39, 0.29) is 0 Å². The van der Waals surface area contributed by atoms with Gasteiger partial charge in [-0.15, -0.1) is 0 Å². The van der Waals surface area contributed by atoms with Crippen LogP contribution in [0, 0.1) is 5.92 Å². The number of aryl methyl sites for hydroxylation is 1. The number of nitrogens with zero attached hydrogens (tertiary/aromatic N) is 5. The molecule has 6 heteroatoms. The molecular formula is C20H29N5O. The van der Waals surface area contributed by atoms with Gasteiger partial charge in [-0.05, 0) is 44.5 Å². The minimum Gasteiger partial charge on any atom is -0.375 e. The first kappa shape index (κ1) is 17.6. The van der Waals surface area contributed by atoms with Crippen LogP contribution >= 0.6 is 0 Å². The number of pyridine rings is 1. The third kappa shape index (κ3) is 3.82. The number of likely N-dealkylation sites (tertiary alicyclic amines) is 2. The summed E-state index contributed by atoms with van der Waals surface area (Å²) < 4.78 is 7.86. The highest BCUT2D eigenvalue weighted by molar-refractivity contribution is 5.11. The van der Waals surface area contributed by atoms with Gasteiger partial charge in [0.2, 0.25) is 0 Å². The van der Waals surface area contributed by atoms with Crippen LogP contribution in [0.15, 0.2) is 36.8 Å². The third-order valence-electron chi connectivity index (χ3n) is 5.88. The maximum Gasteiger partial charge on any atom is 0.0887 e. The lowest BCUT2D eigenvalue weighted by molar-refractivity contribution is -0.0936. The van der Waals surface area contributed by atoms with Crippen LogP contribution in [0.25, 0.3) is 0 Å². The van der Waals surface area contributed by atoms with Crippen LogP contribution in [0.5, 0.6) is 0 Å². The van der Waals surface area contributed by atoms with E-state index in [0.717, 1.165) is 31.9 Å². The highest BCUT2D eigenvalue weighted by atomic mass is 16.5. The lowest BCUT2D eigenvalue weighted by Gasteiger charge is -2.58. The van der Waals surface area contributed by atoms with E-state index in [1.165, 1.54) is 24.9 Å². The zero-order chi connectivity index (χ0) is 18.0. The van der Waals surface area contributed by atoms with Crippen molar-refractivity contribution in [3.05, 3.63) is 48.0 Å². The molecule has 2 aromatic heterocycles. The Kier molecular flexibility index (Phi) is 5.07. The molecule has 6 nitrogen and oxygen atoms in total. The van der Waals surface area contributed by atoms with Crippen molar-refractivity contribution in [2.24, 2.45) is 13.0 Å². The molecule has 140 valence electrons. The molecule has 0 aliphatic carbocycles. The maximum absolute atomic E-state index is 5.98. The van der Waals surface area contributed by atoms with Crippen molar-refractivity contribution in [3.8, 4) is 0 Å². The van der Waals surface area contributed by atoms with E-state index in [0.29, 0.717) is 18.1 Å². The molecule has 0 amide bonds. The van der Waals surface area contributed by atoms with Crippen molar-refractivity contribution in [1.82, 2.24) is 24.6 Å². The van der Waals surface area contributed by atoms with Gasteiger partial charge in [-0.3, -0.25) is 19.5 Å². The van der Waals surface area contributed by atoms with E-state index in [2.05, 4.69) is 33.1 Å². The number of ether oxygens (including phenoxy) is 1. The molecule has 26 heavy (non-hydrogen) atoms. The second-order valence-corrected chi connectivity index (χ2v) is 8.01. The predicted molar refractivity (Wildman–Crippen MR) is 100 cm³/mol. The van der Waals surface area contributed by atoms with Crippen LogP contribution in [0.4, 0.5) is 0 Å². The van der Waals surface area contributed by atoms with Crippen LogP contribution in [-0.2, 0) is 24.9 Å². The fraction of sp³-hybridized carbons (Fsp3) is 0.600. The molecule has 0 N–H and O–H groups in total. The predicted octanol–water partition coefficient (Wildman–Crippen LogP) is 1.93. The lowest BCUT2D eigenvalue weighted by atomic mass is 9.75. The fourth-order valence-corrected chi connectivity index (χ4v) is 4.44. The maximum atomic E-state index is 5.98. The van der Waals surface area contributed by atoms with Gasteiger partial charge in [0.15, 0.2) is 0 Å². The molecule has 0 unspecified atom stereocenters. The molecule has 4 rings (SSSR count). The highest BCUT2D eigenvalue weighted by Crippen LogP contribution is 2.38. The van der Waals surface area contributed by atoms with Crippen LogP contribution in [0.2, 0.25) is 0 Å². The average Bonchev–Trinajstić information content (AvgIpc) is 3.02. The summed E-state index contributed by atoms with van der Waals surface area (Å²) in [7, 11) is 4.26. The quantitative estimate of drug-likeness (QED) is 0.792. The largest absolute Gasteiger partial charge is 0.375 e. The molecule has 2 aliphatic heterocycles. The molecule has 0 aromatic carbocycles. The smallest absolute Gasteiger partial charge is 0.0887 e. The van der Waals surface area contributed by atoms with Gasteiger partial charge in [0, 0.05) is 50.2 Å². The van der Waals surface area contributed by atoms with Gasteiger partial charge < -0.3 is 4.74 Å². The summed E-state index contributed by atoms with van der Waals surface area (Å²) in [5.41, 5.74) is 2.65. The molecule has 2 aromatic rings. The van der Waals surface area contributed by atoms with Crippen molar-refractivity contribution in [3.63, 3.8) is 0 Å². The Morgan fingerprint density at radius 2 is 2.15 bits per heavy atom. The van der Waals surface area contributed by atoms with E-state index in [9.17, 15) is 0 Å². The van der Waals surface area contributed by atoms with E-state index in [1.807, 2.05) is 42.3 Å². The zero-order valence-electron chi connectivity index (χ0n) is 15.8. The van der Waals surface area contributed by atoms with Crippen molar-refractivity contribution in [1.29, 1.82) is 0 Å². The summed E-state index contributed by atoms with van der Waals surface area (Å²) in [6.07, 6.45) is 8.38. The molecule has 2 fully saturated rings. The molecular weight excluding hydrogens is 326 g/mol. The van der Waals surface area contributed by atoms with Gasteiger partial charge >= 0.3 is 0 Å². The zero-order valence-corrected chi connectivity index (χ0v) is 15.8. The monoisotopic (exact) mass is 355 g/mol. The lowest BCUT2D eigenvalue weighted by Crippen LogP contribution is -2.71. The topological polar surface area (TPSA) is 46.4 Å². The number of rotatable bonds is 6. The Morgan fingerprint density at radius 1 is 1.27 bits per heavy atom. The first-order chi connectivity index (χ1) is 12.6. The van der Waals surface area contributed by atoms with Gasteiger partial charge in [0.05, 0.1) is 25.1 Å². The van der Waals surface area contributed by atoms with Crippen molar-refractivity contribution in [2.45, 2.75) is 31.5 Å². The van der Waals surface area contributed by atoms with Gasteiger partial charge in [-0.25, -0.2) is 0 Å². The summed E-state index contributed by atoms with van der Waals surface area (Å²) in [5, 5.41) is 4.28. The first-order valence-electron chi connectivity index (χ1n) is 9.52. The van der Waals surface area contributed by atoms with E-state index >= 15 is 0 Å². The van der Waals surface area contributed by atoms with Crippen molar-refractivity contribution >= 4 is 0 Å². The SMILES string of the molecule is CN1CC[C@@H](COCc2ccccn2)CC12CN(Cc1cnn(C)c1)C2. The fourth-order valence-electron chi connectivity index (χ4n) is 4.44. The number of aromatic nitrogens is 3. The van der Waals surface area contributed by atoms with Crippen molar-refractivity contribution < 1.29 is 4.74 Å². The number of hydrogen-bond donors (Lipinski definition) is 0. The van der Waals surface area contributed by atoms with Crippen LogP contribution < -0.4 is 0 Å². The van der Waals surface area contributed by atoms with Crippen molar-refractivity contribution in [2.75, 3.05) is 33.3 Å². The molecule has 0 saturated carbocycles. The summed E-state index contributed by atoms with van der Waals surface area (Å²) in [5.74, 6) is 0.649. The Labute approximate surface area is 155 Å². The average molecular weight is 355 g/mol. The molecule has 2 saturated heterocycles. The normalized spacial score (nSPS) is 23.2.